The van der Waals surface area contributed by atoms with Gasteiger partial charge in [-0.2, -0.15) is 0 Å². The van der Waals surface area contributed by atoms with Gasteiger partial charge in [-0.05, 0) is 37.6 Å². The van der Waals surface area contributed by atoms with Crippen molar-refractivity contribution in [1.82, 2.24) is 0 Å². The van der Waals surface area contributed by atoms with Crippen molar-refractivity contribution in [3.63, 3.8) is 0 Å². The van der Waals surface area contributed by atoms with Crippen LogP contribution in [0.1, 0.15) is 17.7 Å². The lowest BCUT2D eigenvalue weighted by molar-refractivity contribution is -0.117. The van der Waals surface area contributed by atoms with Crippen LogP contribution in [0.4, 0.5) is 11.4 Å². The number of rotatable bonds is 5. The molecule has 0 spiro atoms. The number of methoxy groups -OCH3 is 1. The lowest BCUT2D eigenvalue weighted by Crippen LogP contribution is -2.24. The molecule has 1 aromatic heterocycles. The fourth-order valence-electron chi connectivity index (χ4n) is 2.63. The summed E-state index contributed by atoms with van der Waals surface area (Å²) in [7, 11) is -2.13. The number of hydrogen-bond acceptors (Lipinski definition) is 5. The van der Waals surface area contributed by atoms with Gasteiger partial charge < -0.3 is 9.64 Å². The smallest absolute Gasteiger partial charge is 0.271 e. The molecule has 3 rings (SSSR count). The van der Waals surface area contributed by atoms with E-state index in [0.717, 1.165) is 11.3 Å². The molecule has 0 radical (unpaired) electrons. The van der Waals surface area contributed by atoms with Crippen molar-refractivity contribution in [2.75, 3.05) is 23.3 Å². The van der Waals surface area contributed by atoms with Crippen molar-refractivity contribution in [1.29, 1.82) is 0 Å². The van der Waals surface area contributed by atoms with Crippen LogP contribution in [0, 0.1) is 6.92 Å². The van der Waals surface area contributed by atoms with E-state index in [9.17, 15) is 13.2 Å². The summed E-state index contributed by atoms with van der Waals surface area (Å²) in [4.78, 5) is 14.5. The Morgan fingerprint density at radius 1 is 1.25 bits per heavy atom. The third-order valence-corrected chi connectivity index (χ3v) is 6.65. The minimum absolute atomic E-state index is 0.0516. The number of carbonyl (C=O) groups excluding carboxylic acids is 1. The fourth-order valence-corrected chi connectivity index (χ4v) is 4.96. The highest BCUT2D eigenvalue weighted by Crippen LogP contribution is 2.34. The normalized spacial score (nSPS) is 14.9. The molecular formula is C16H18N2O4S2. The monoisotopic (exact) mass is 366 g/mol. The number of benzene rings is 1. The molecule has 0 bridgehead atoms. The van der Waals surface area contributed by atoms with Crippen LogP contribution in [0.15, 0.2) is 34.5 Å². The summed E-state index contributed by atoms with van der Waals surface area (Å²) in [5.74, 6) is 0.517. The maximum absolute atomic E-state index is 12.4. The maximum atomic E-state index is 12.4. The second-order valence-electron chi connectivity index (χ2n) is 5.51. The van der Waals surface area contributed by atoms with Crippen molar-refractivity contribution in [2.24, 2.45) is 0 Å². The van der Waals surface area contributed by atoms with Crippen LogP contribution in [0.3, 0.4) is 0 Å². The van der Waals surface area contributed by atoms with Crippen molar-refractivity contribution in [3.05, 3.63) is 35.2 Å². The Hall–Kier alpha value is -2.06. The zero-order valence-electron chi connectivity index (χ0n) is 13.4. The minimum Gasteiger partial charge on any atom is -0.494 e. The molecule has 2 heterocycles. The SMILES string of the molecule is COc1cc(NS(=O)(=O)c2ccc(C)s2)ccc1N1CCCC1=O. The van der Waals surface area contributed by atoms with Gasteiger partial charge in [-0.25, -0.2) is 8.42 Å². The fraction of sp³-hybridized carbons (Fsp3) is 0.312. The number of nitrogens with zero attached hydrogens (tertiary/aromatic N) is 1. The van der Waals surface area contributed by atoms with E-state index >= 15 is 0 Å². The maximum Gasteiger partial charge on any atom is 0.271 e. The average molecular weight is 366 g/mol. The lowest BCUT2D eigenvalue weighted by atomic mass is 10.2. The molecule has 0 unspecified atom stereocenters. The summed E-state index contributed by atoms with van der Waals surface area (Å²) in [6.45, 7) is 2.50. The Bertz CT molecular complexity index is 874. The van der Waals surface area contributed by atoms with E-state index in [1.165, 1.54) is 18.4 Å². The number of nitrogens with one attached hydrogen (secondary N) is 1. The Kier molecular flexibility index (Phi) is 4.51. The third-order valence-electron chi connectivity index (χ3n) is 3.78. The second kappa shape index (κ2) is 6.45. The van der Waals surface area contributed by atoms with Crippen LogP contribution < -0.4 is 14.4 Å². The highest BCUT2D eigenvalue weighted by molar-refractivity contribution is 7.94. The van der Waals surface area contributed by atoms with Crippen LogP contribution >= 0.6 is 11.3 Å². The Morgan fingerprint density at radius 2 is 2.04 bits per heavy atom. The number of anilines is 2. The number of carbonyl (C=O) groups is 1. The van der Waals surface area contributed by atoms with E-state index in [0.29, 0.717) is 30.1 Å². The molecule has 128 valence electrons. The number of aryl methyl sites for hydroxylation is 1. The largest absolute Gasteiger partial charge is 0.494 e. The molecular weight excluding hydrogens is 348 g/mol. The summed E-state index contributed by atoms with van der Waals surface area (Å²) >= 11 is 1.21. The van der Waals surface area contributed by atoms with E-state index in [-0.39, 0.29) is 10.1 Å². The van der Waals surface area contributed by atoms with Crippen LogP contribution in [-0.2, 0) is 14.8 Å². The van der Waals surface area contributed by atoms with Gasteiger partial charge in [0.1, 0.15) is 9.96 Å². The molecule has 0 atom stereocenters. The molecule has 1 amide bonds. The van der Waals surface area contributed by atoms with Gasteiger partial charge >= 0.3 is 0 Å². The lowest BCUT2D eigenvalue weighted by Gasteiger charge is -2.19. The van der Waals surface area contributed by atoms with Crippen molar-refractivity contribution in [3.8, 4) is 5.75 Å². The number of thiophene rings is 1. The van der Waals surface area contributed by atoms with Crippen LogP contribution in [0.2, 0.25) is 0 Å². The van der Waals surface area contributed by atoms with Crippen LogP contribution in [0.25, 0.3) is 0 Å². The van der Waals surface area contributed by atoms with Gasteiger partial charge in [-0.3, -0.25) is 9.52 Å². The van der Waals surface area contributed by atoms with Gasteiger partial charge in [0.2, 0.25) is 5.91 Å². The topological polar surface area (TPSA) is 75.7 Å². The van der Waals surface area contributed by atoms with Gasteiger partial charge in [0, 0.05) is 23.9 Å². The summed E-state index contributed by atoms with van der Waals surface area (Å²) in [5.41, 5.74) is 1.06. The predicted octanol–water partition coefficient (Wildman–Crippen LogP) is 2.99. The van der Waals surface area contributed by atoms with Crippen LogP contribution in [0.5, 0.6) is 5.75 Å². The molecule has 1 saturated heterocycles. The minimum atomic E-state index is -3.63. The summed E-state index contributed by atoms with van der Waals surface area (Å²) in [5, 5.41) is 0. The van der Waals surface area contributed by atoms with Gasteiger partial charge in [-0.1, -0.05) is 0 Å². The highest BCUT2D eigenvalue weighted by Gasteiger charge is 2.25. The van der Waals surface area contributed by atoms with Gasteiger partial charge in [0.25, 0.3) is 10.0 Å². The number of ether oxygens (including phenoxy) is 1. The van der Waals surface area contributed by atoms with E-state index in [1.807, 2.05) is 6.92 Å². The Balaban J connectivity index is 1.88. The number of amides is 1. The van der Waals surface area contributed by atoms with Crippen molar-refractivity contribution in [2.45, 2.75) is 24.0 Å². The first-order chi connectivity index (χ1) is 11.4. The first-order valence-electron chi connectivity index (χ1n) is 7.48. The van der Waals surface area contributed by atoms with E-state index in [1.54, 1.807) is 35.2 Å². The first kappa shape index (κ1) is 16.8. The summed E-state index contributed by atoms with van der Waals surface area (Å²) in [6.07, 6.45) is 1.34. The van der Waals surface area contributed by atoms with E-state index < -0.39 is 10.0 Å². The summed E-state index contributed by atoms with van der Waals surface area (Å²) < 4.78 is 33.0. The Labute approximate surface area is 145 Å². The number of hydrogen-bond donors (Lipinski definition) is 1. The van der Waals surface area contributed by atoms with Gasteiger partial charge in [-0.15, -0.1) is 11.3 Å². The second-order valence-corrected chi connectivity index (χ2v) is 8.70. The standard InChI is InChI=1S/C16H18N2O4S2/c1-11-5-8-16(23-11)24(20,21)17-12-6-7-13(14(10-12)22-2)18-9-3-4-15(18)19/h5-8,10,17H,3-4,9H2,1-2H3. The predicted molar refractivity (Wildman–Crippen MR) is 94.4 cm³/mol. The summed E-state index contributed by atoms with van der Waals surface area (Å²) in [6, 6.07) is 8.29. The molecule has 1 N–H and O–H groups in total. The van der Waals surface area contributed by atoms with Gasteiger partial charge in [0.05, 0.1) is 18.5 Å². The zero-order chi connectivity index (χ0) is 17.3. The molecule has 0 saturated carbocycles. The molecule has 1 aromatic carbocycles. The molecule has 0 aliphatic carbocycles. The molecule has 1 fully saturated rings. The average Bonchev–Trinajstić information content (AvgIpc) is 3.16. The molecule has 24 heavy (non-hydrogen) atoms. The van der Waals surface area contributed by atoms with Crippen LogP contribution in [-0.4, -0.2) is 28.0 Å². The molecule has 6 nitrogen and oxygen atoms in total. The highest BCUT2D eigenvalue weighted by atomic mass is 32.2. The molecule has 8 heteroatoms. The number of sulfonamides is 1. The zero-order valence-corrected chi connectivity index (χ0v) is 15.0. The first-order valence-corrected chi connectivity index (χ1v) is 9.78. The molecule has 1 aliphatic heterocycles. The quantitative estimate of drug-likeness (QED) is 0.883. The van der Waals surface area contributed by atoms with E-state index in [4.69, 9.17) is 4.74 Å². The Morgan fingerprint density at radius 3 is 2.62 bits per heavy atom. The van der Waals surface area contributed by atoms with Crippen molar-refractivity contribution < 1.29 is 17.9 Å². The third kappa shape index (κ3) is 3.25. The van der Waals surface area contributed by atoms with Crippen molar-refractivity contribution >= 4 is 38.6 Å². The van der Waals surface area contributed by atoms with Gasteiger partial charge in [0.15, 0.2) is 0 Å². The molecule has 2 aromatic rings. The molecule has 1 aliphatic rings. The van der Waals surface area contributed by atoms with E-state index in [2.05, 4.69) is 4.72 Å².